The first kappa shape index (κ1) is 15.4. The molecule has 0 saturated carbocycles. The van der Waals surface area contributed by atoms with Crippen LogP contribution in [0.5, 0.6) is 5.75 Å². The van der Waals surface area contributed by atoms with Crippen LogP contribution in [0, 0.1) is 5.92 Å². The Hall–Kier alpha value is -2.04. The van der Waals surface area contributed by atoms with Crippen LogP contribution >= 0.6 is 0 Å². The van der Waals surface area contributed by atoms with Gasteiger partial charge in [0.05, 0.1) is 13.5 Å². The predicted octanol–water partition coefficient (Wildman–Crippen LogP) is 1.95. The summed E-state index contributed by atoms with van der Waals surface area (Å²) in [6, 6.07) is 6.57. The van der Waals surface area contributed by atoms with Gasteiger partial charge in [0.1, 0.15) is 11.8 Å². The van der Waals surface area contributed by atoms with Crippen molar-refractivity contribution in [2.45, 2.75) is 32.2 Å². The number of carboxylic acids is 1. The average molecular weight is 291 g/mol. The lowest BCUT2D eigenvalue weighted by Crippen LogP contribution is -2.50. The second kappa shape index (κ2) is 6.61. The Bertz CT molecular complexity index is 512. The third-order valence-electron chi connectivity index (χ3n) is 3.98. The number of methoxy groups -OCH3 is 1. The maximum atomic E-state index is 12.4. The lowest BCUT2D eigenvalue weighted by molar-refractivity contribution is -0.152. The molecule has 114 valence electrons. The average Bonchev–Trinajstić information content (AvgIpc) is 2.47. The van der Waals surface area contributed by atoms with Crippen LogP contribution in [0.4, 0.5) is 0 Å². The van der Waals surface area contributed by atoms with E-state index >= 15 is 0 Å². The molecule has 1 N–H and O–H groups in total. The van der Waals surface area contributed by atoms with Crippen LogP contribution < -0.4 is 4.74 Å². The van der Waals surface area contributed by atoms with Gasteiger partial charge in [-0.2, -0.15) is 0 Å². The maximum absolute atomic E-state index is 12.4. The molecule has 5 heteroatoms. The van der Waals surface area contributed by atoms with Crippen LogP contribution in [-0.4, -0.2) is 41.6 Å². The van der Waals surface area contributed by atoms with E-state index in [1.54, 1.807) is 19.2 Å². The van der Waals surface area contributed by atoms with Crippen molar-refractivity contribution in [3.05, 3.63) is 29.8 Å². The molecule has 21 heavy (non-hydrogen) atoms. The van der Waals surface area contributed by atoms with Gasteiger partial charge in [0.25, 0.3) is 0 Å². The van der Waals surface area contributed by atoms with E-state index in [0.29, 0.717) is 18.9 Å². The third kappa shape index (κ3) is 3.74. The molecule has 5 nitrogen and oxygen atoms in total. The minimum Gasteiger partial charge on any atom is -0.497 e. The quantitative estimate of drug-likeness (QED) is 0.920. The molecule has 1 aliphatic rings. The van der Waals surface area contributed by atoms with Gasteiger partial charge in [0.2, 0.25) is 5.91 Å². The molecule has 1 aliphatic heterocycles. The number of aliphatic carboxylic acids is 1. The lowest BCUT2D eigenvalue weighted by atomic mass is 9.92. The zero-order valence-electron chi connectivity index (χ0n) is 12.4. The van der Waals surface area contributed by atoms with Gasteiger partial charge in [-0.15, -0.1) is 0 Å². The van der Waals surface area contributed by atoms with Gasteiger partial charge >= 0.3 is 5.97 Å². The summed E-state index contributed by atoms with van der Waals surface area (Å²) >= 11 is 0. The number of benzene rings is 1. The predicted molar refractivity (Wildman–Crippen MR) is 78.2 cm³/mol. The molecule has 0 aromatic heterocycles. The first-order chi connectivity index (χ1) is 10.0. The summed E-state index contributed by atoms with van der Waals surface area (Å²) in [5, 5.41) is 9.30. The molecule has 1 aromatic carbocycles. The summed E-state index contributed by atoms with van der Waals surface area (Å²) in [5.41, 5.74) is 0.864. The molecule has 1 saturated heterocycles. The van der Waals surface area contributed by atoms with E-state index in [2.05, 4.69) is 0 Å². The zero-order valence-corrected chi connectivity index (χ0v) is 12.4. The Labute approximate surface area is 124 Å². The molecule has 2 atom stereocenters. The van der Waals surface area contributed by atoms with Gasteiger partial charge in [-0.05, 0) is 36.5 Å². The Balaban J connectivity index is 2.05. The molecule has 0 bridgehead atoms. The van der Waals surface area contributed by atoms with Crippen molar-refractivity contribution in [3.63, 3.8) is 0 Å². The van der Waals surface area contributed by atoms with E-state index in [9.17, 15) is 14.7 Å². The number of rotatable bonds is 4. The summed E-state index contributed by atoms with van der Waals surface area (Å²) < 4.78 is 5.08. The smallest absolute Gasteiger partial charge is 0.326 e. The summed E-state index contributed by atoms with van der Waals surface area (Å²) in [6.45, 7) is 2.55. The van der Waals surface area contributed by atoms with Crippen molar-refractivity contribution in [1.82, 2.24) is 4.90 Å². The van der Waals surface area contributed by atoms with Crippen LogP contribution in [0.2, 0.25) is 0 Å². The number of likely N-dealkylation sites (tertiary alicyclic amines) is 1. The van der Waals surface area contributed by atoms with Gasteiger partial charge in [-0.1, -0.05) is 19.1 Å². The normalized spacial score (nSPS) is 21.9. The highest BCUT2D eigenvalue weighted by Crippen LogP contribution is 2.23. The second-order valence-corrected chi connectivity index (χ2v) is 5.60. The number of nitrogens with zero attached hydrogens (tertiary/aromatic N) is 1. The first-order valence-electron chi connectivity index (χ1n) is 7.16. The zero-order chi connectivity index (χ0) is 15.4. The van der Waals surface area contributed by atoms with Crippen molar-refractivity contribution in [3.8, 4) is 5.75 Å². The Morgan fingerprint density at radius 2 is 2.00 bits per heavy atom. The highest BCUT2D eigenvalue weighted by Gasteiger charge is 2.34. The summed E-state index contributed by atoms with van der Waals surface area (Å²) in [6.07, 6.45) is 1.62. The number of piperidine rings is 1. The Morgan fingerprint density at radius 3 is 2.57 bits per heavy atom. The summed E-state index contributed by atoms with van der Waals surface area (Å²) in [4.78, 5) is 25.2. The fraction of sp³-hybridized carbons (Fsp3) is 0.500. The fourth-order valence-electron chi connectivity index (χ4n) is 2.69. The second-order valence-electron chi connectivity index (χ2n) is 5.60. The van der Waals surface area contributed by atoms with Crippen LogP contribution in [-0.2, 0) is 16.0 Å². The molecule has 0 radical (unpaired) electrons. The monoisotopic (exact) mass is 291 g/mol. The van der Waals surface area contributed by atoms with E-state index < -0.39 is 12.0 Å². The van der Waals surface area contributed by atoms with E-state index in [1.807, 2.05) is 19.1 Å². The lowest BCUT2D eigenvalue weighted by Gasteiger charge is -2.36. The standard InChI is InChI=1S/C16H21NO4/c1-11-7-8-17(14(9-11)16(19)20)15(18)10-12-3-5-13(21-2)6-4-12/h3-6,11,14H,7-10H2,1-2H3,(H,19,20). The minimum absolute atomic E-state index is 0.125. The van der Waals surface area contributed by atoms with Crippen LogP contribution in [0.15, 0.2) is 24.3 Å². The van der Waals surface area contributed by atoms with Crippen molar-refractivity contribution in [2.75, 3.05) is 13.7 Å². The van der Waals surface area contributed by atoms with Gasteiger partial charge in [0, 0.05) is 6.54 Å². The molecular formula is C16H21NO4. The molecule has 0 spiro atoms. The molecule has 1 heterocycles. The van der Waals surface area contributed by atoms with Gasteiger partial charge in [0.15, 0.2) is 0 Å². The van der Waals surface area contributed by atoms with Crippen molar-refractivity contribution in [1.29, 1.82) is 0 Å². The molecule has 1 fully saturated rings. The number of carbonyl (C=O) groups is 2. The summed E-state index contributed by atoms with van der Waals surface area (Å²) in [7, 11) is 1.59. The topological polar surface area (TPSA) is 66.8 Å². The fourth-order valence-corrected chi connectivity index (χ4v) is 2.69. The van der Waals surface area contributed by atoms with E-state index in [1.165, 1.54) is 4.90 Å². The van der Waals surface area contributed by atoms with Crippen LogP contribution in [0.3, 0.4) is 0 Å². The van der Waals surface area contributed by atoms with E-state index in [4.69, 9.17) is 4.74 Å². The minimum atomic E-state index is -0.912. The largest absolute Gasteiger partial charge is 0.497 e. The van der Waals surface area contributed by atoms with Crippen molar-refractivity contribution < 1.29 is 19.4 Å². The first-order valence-corrected chi connectivity index (χ1v) is 7.16. The Morgan fingerprint density at radius 1 is 1.33 bits per heavy atom. The Kier molecular flexibility index (Phi) is 4.83. The van der Waals surface area contributed by atoms with Gasteiger partial charge in [-0.25, -0.2) is 4.79 Å². The number of amides is 1. The van der Waals surface area contributed by atoms with Crippen LogP contribution in [0.25, 0.3) is 0 Å². The van der Waals surface area contributed by atoms with Crippen LogP contribution in [0.1, 0.15) is 25.3 Å². The highest BCUT2D eigenvalue weighted by atomic mass is 16.5. The van der Waals surface area contributed by atoms with Gasteiger partial charge < -0.3 is 14.7 Å². The van der Waals surface area contributed by atoms with E-state index in [0.717, 1.165) is 17.7 Å². The SMILES string of the molecule is COc1ccc(CC(=O)N2CCC(C)CC2C(=O)O)cc1. The molecule has 1 aromatic rings. The maximum Gasteiger partial charge on any atom is 0.326 e. The molecule has 1 amide bonds. The van der Waals surface area contributed by atoms with E-state index in [-0.39, 0.29) is 12.3 Å². The van der Waals surface area contributed by atoms with Gasteiger partial charge in [-0.3, -0.25) is 4.79 Å². The van der Waals surface area contributed by atoms with Crippen molar-refractivity contribution >= 4 is 11.9 Å². The number of ether oxygens (including phenoxy) is 1. The molecule has 2 unspecified atom stereocenters. The van der Waals surface area contributed by atoms with Crippen molar-refractivity contribution in [2.24, 2.45) is 5.92 Å². The molecule has 2 rings (SSSR count). The highest BCUT2D eigenvalue weighted by molar-refractivity contribution is 5.85. The number of carboxylic acid groups (broad SMARTS) is 1. The third-order valence-corrected chi connectivity index (χ3v) is 3.98. The molecule has 0 aliphatic carbocycles. The number of carbonyl (C=O) groups excluding carboxylic acids is 1. The molecular weight excluding hydrogens is 270 g/mol. The number of hydrogen-bond acceptors (Lipinski definition) is 3. The summed E-state index contributed by atoms with van der Waals surface area (Å²) in [5.74, 6) is 0.0432. The number of hydrogen-bond donors (Lipinski definition) is 1.